The Labute approximate surface area is 118 Å². The molecule has 0 radical (unpaired) electrons. The van der Waals surface area contributed by atoms with Crippen molar-refractivity contribution in [2.75, 3.05) is 38.6 Å². The molecule has 0 amide bonds. The van der Waals surface area contributed by atoms with Crippen molar-refractivity contribution >= 4 is 21.6 Å². The molecule has 0 spiro atoms. The third-order valence-corrected chi connectivity index (χ3v) is 4.21. The van der Waals surface area contributed by atoms with Crippen LogP contribution in [0.4, 0.5) is 5.69 Å². The highest BCUT2D eigenvalue weighted by atomic mass is 79.9. The maximum absolute atomic E-state index is 3.58. The molecule has 1 aromatic carbocycles. The van der Waals surface area contributed by atoms with Gasteiger partial charge in [-0.15, -0.1) is 0 Å². The number of hydrogen-bond donors (Lipinski definition) is 1. The van der Waals surface area contributed by atoms with E-state index in [4.69, 9.17) is 0 Å². The summed E-state index contributed by atoms with van der Waals surface area (Å²) >= 11 is 3.58. The summed E-state index contributed by atoms with van der Waals surface area (Å²) in [7, 11) is 4.20. The van der Waals surface area contributed by atoms with Crippen LogP contribution in [0, 0.1) is 0 Å². The second-order valence-electron chi connectivity index (χ2n) is 5.08. The van der Waals surface area contributed by atoms with Crippen LogP contribution in [0.25, 0.3) is 0 Å². The first-order valence-corrected chi connectivity index (χ1v) is 7.29. The number of nitrogens with zero attached hydrogens (tertiary/aromatic N) is 2. The van der Waals surface area contributed by atoms with Gasteiger partial charge < -0.3 is 15.1 Å². The monoisotopic (exact) mass is 311 g/mol. The number of likely N-dealkylation sites (N-methyl/N-ethyl adjacent to an activating group) is 1. The number of piperazine rings is 1. The molecule has 0 bridgehead atoms. The molecular weight excluding hydrogens is 290 g/mol. The highest BCUT2D eigenvalue weighted by Crippen LogP contribution is 2.27. The van der Waals surface area contributed by atoms with Gasteiger partial charge in [0.15, 0.2) is 0 Å². The van der Waals surface area contributed by atoms with Gasteiger partial charge in [-0.05, 0) is 38.7 Å². The lowest BCUT2D eigenvalue weighted by Gasteiger charge is -2.39. The van der Waals surface area contributed by atoms with Crippen LogP contribution in [-0.4, -0.2) is 44.7 Å². The fourth-order valence-corrected chi connectivity index (χ4v) is 2.79. The minimum absolute atomic E-state index is 0.611. The topological polar surface area (TPSA) is 18.5 Å². The van der Waals surface area contributed by atoms with E-state index >= 15 is 0 Å². The van der Waals surface area contributed by atoms with E-state index in [9.17, 15) is 0 Å². The van der Waals surface area contributed by atoms with Crippen LogP contribution in [0.2, 0.25) is 0 Å². The molecule has 1 unspecified atom stereocenters. The summed E-state index contributed by atoms with van der Waals surface area (Å²) in [5.74, 6) is 0. The summed E-state index contributed by atoms with van der Waals surface area (Å²) in [5, 5.41) is 3.25. The highest BCUT2D eigenvalue weighted by molar-refractivity contribution is 9.10. The van der Waals surface area contributed by atoms with E-state index in [2.05, 4.69) is 63.2 Å². The van der Waals surface area contributed by atoms with Crippen molar-refractivity contribution in [2.45, 2.75) is 19.5 Å². The molecule has 1 aliphatic heterocycles. The number of anilines is 1. The molecule has 4 heteroatoms. The molecule has 3 nitrogen and oxygen atoms in total. The largest absolute Gasteiger partial charge is 0.368 e. The minimum Gasteiger partial charge on any atom is -0.368 e. The lowest BCUT2D eigenvalue weighted by molar-refractivity contribution is 0.234. The number of hydrogen-bond acceptors (Lipinski definition) is 3. The van der Waals surface area contributed by atoms with Gasteiger partial charge in [0.2, 0.25) is 0 Å². The maximum atomic E-state index is 3.58. The third-order valence-electron chi connectivity index (χ3n) is 3.71. The fourth-order valence-electron chi connectivity index (χ4n) is 2.44. The Balaban J connectivity index is 2.23. The Morgan fingerprint density at radius 2 is 2.17 bits per heavy atom. The lowest BCUT2D eigenvalue weighted by Crippen LogP contribution is -2.50. The molecule has 100 valence electrons. The maximum Gasteiger partial charge on any atom is 0.0424 e. The zero-order chi connectivity index (χ0) is 13.1. The van der Waals surface area contributed by atoms with Crippen molar-refractivity contribution in [3.05, 3.63) is 28.2 Å². The number of halogens is 1. The Hall–Kier alpha value is -0.580. The van der Waals surface area contributed by atoms with Crippen molar-refractivity contribution in [3.8, 4) is 0 Å². The van der Waals surface area contributed by atoms with Crippen molar-refractivity contribution in [1.29, 1.82) is 0 Å². The first-order valence-electron chi connectivity index (χ1n) is 6.50. The van der Waals surface area contributed by atoms with Crippen LogP contribution in [0.15, 0.2) is 22.7 Å². The first-order chi connectivity index (χ1) is 8.61. The molecule has 18 heavy (non-hydrogen) atoms. The Bertz CT molecular complexity index is 408. The second kappa shape index (κ2) is 6.04. The summed E-state index contributed by atoms with van der Waals surface area (Å²) in [4.78, 5) is 4.92. The average molecular weight is 312 g/mol. The van der Waals surface area contributed by atoms with Gasteiger partial charge in [-0.3, -0.25) is 0 Å². The summed E-state index contributed by atoms with van der Waals surface area (Å²) < 4.78 is 1.16. The van der Waals surface area contributed by atoms with E-state index in [1.54, 1.807) is 0 Å². The predicted molar refractivity (Wildman–Crippen MR) is 81.2 cm³/mol. The Kier molecular flexibility index (Phi) is 4.65. The summed E-state index contributed by atoms with van der Waals surface area (Å²) in [5.41, 5.74) is 2.73. The van der Waals surface area contributed by atoms with Crippen molar-refractivity contribution in [3.63, 3.8) is 0 Å². The van der Waals surface area contributed by atoms with Gasteiger partial charge >= 0.3 is 0 Å². The first kappa shape index (κ1) is 13.8. The van der Waals surface area contributed by atoms with Crippen molar-refractivity contribution in [1.82, 2.24) is 10.2 Å². The van der Waals surface area contributed by atoms with Crippen LogP contribution in [-0.2, 0) is 6.54 Å². The van der Waals surface area contributed by atoms with Crippen LogP contribution in [0.5, 0.6) is 0 Å². The van der Waals surface area contributed by atoms with Gasteiger partial charge in [0.25, 0.3) is 0 Å². The van der Waals surface area contributed by atoms with Crippen molar-refractivity contribution < 1.29 is 0 Å². The predicted octanol–water partition coefficient (Wildman–Crippen LogP) is 2.31. The van der Waals surface area contributed by atoms with Gasteiger partial charge in [-0.2, -0.15) is 0 Å². The molecule has 0 aromatic heterocycles. The van der Waals surface area contributed by atoms with Crippen LogP contribution in [0.1, 0.15) is 12.5 Å². The zero-order valence-electron chi connectivity index (χ0n) is 11.4. The Morgan fingerprint density at radius 1 is 1.39 bits per heavy atom. The molecule has 1 heterocycles. The van der Waals surface area contributed by atoms with Crippen LogP contribution in [0.3, 0.4) is 0 Å². The van der Waals surface area contributed by atoms with E-state index in [1.807, 2.05) is 7.05 Å². The fraction of sp³-hybridized carbons (Fsp3) is 0.571. The molecule has 0 aliphatic carbocycles. The Morgan fingerprint density at radius 3 is 2.83 bits per heavy atom. The summed E-state index contributed by atoms with van der Waals surface area (Å²) in [6, 6.07) is 7.18. The number of benzene rings is 1. The molecule has 1 N–H and O–H groups in total. The second-order valence-corrected chi connectivity index (χ2v) is 5.99. The average Bonchev–Trinajstić information content (AvgIpc) is 2.35. The lowest BCUT2D eigenvalue weighted by atomic mass is 10.1. The van der Waals surface area contributed by atoms with Gasteiger partial charge in [-0.1, -0.05) is 22.0 Å². The van der Waals surface area contributed by atoms with E-state index in [0.717, 1.165) is 30.7 Å². The number of rotatable bonds is 3. The number of nitrogens with one attached hydrogen (secondary N) is 1. The normalized spacial score (nSPS) is 21.3. The summed E-state index contributed by atoms with van der Waals surface area (Å²) in [6.07, 6.45) is 0. The van der Waals surface area contributed by atoms with E-state index in [-0.39, 0.29) is 0 Å². The summed E-state index contributed by atoms with van der Waals surface area (Å²) in [6.45, 7) is 6.55. The zero-order valence-corrected chi connectivity index (χ0v) is 13.0. The van der Waals surface area contributed by atoms with E-state index in [0.29, 0.717) is 6.04 Å². The van der Waals surface area contributed by atoms with Gasteiger partial charge in [0.1, 0.15) is 0 Å². The van der Waals surface area contributed by atoms with E-state index < -0.39 is 0 Å². The molecule has 0 saturated carbocycles. The van der Waals surface area contributed by atoms with Crippen LogP contribution < -0.4 is 10.2 Å². The minimum atomic E-state index is 0.611. The molecule has 2 rings (SSSR count). The smallest absolute Gasteiger partial charge is 0.0424 e. The van der Waals surface area contributed by atoms with E-state index in [1.165, 1.54) is 11.3 Å². The van der Waals surface area contributed by atoms with Gasteiger partial charge in [0, 0.05) is 42.4 Å². The quantitative estimate of drug-likeness (QED) is 0.924. The highest BCUT2D eigenvalue weighted by Gasteiger charge is 2.22. The molecule has 1 aliphatic rings. The molecule has 1 fully saturated rings. The molecule has 1 saturated heterocycles. The molecular formula is C14H22BrN3. The molecule has 1 aromatic rings. The van der Waals surface area contributed by atoms with Crippen molar-refractivity contribution in [2.24, 2.45) is 0 Å². The van der Waals surface area contributed by atoms with Crippen LogP contribution >= 0.6 is 15.9 Å². The standard InChI is InChI=1S/C14H22BrN3/c1-11-10-18(7-6-17(11)3)14-8-13(15)5-4-12(14)9-16-2/h4-5,8,11,16H,6-7,9-10H2,1-3H3. The third kappa shape index (κ3) is 3.05. The van der Waals surface area contributed by atoms with Gasteiger partial charge in [0.05, 0.1) is 0 Å². The SMILES string of the molecule is CNCc1ccc(Br)cc1N1CCN(C)C(C)C1. The van der Waals surface area contributed by atoms with Gasteiger partial charge in [-0.25, -0.2) is 0 Å². The molecule has 1 atom stereocenters.